The van der Waals surface area contributed by atoms with Gasteiger partial charge in [0.1, 0.15) is 0 Å². The lowest BCUT2D eigenvalue weighted by atomic mass is 10.1. The summed E-state index contributed by atoms with van der Waals surface area (Å²) in [7, 11) is 0. The molecule has 1 unspecified atom stereocenters. The lowest BCUT2D eigenvalue weighted by Gasteiger charge is -2.21. The second kappa shape index (κ2) is 6.87. The van der Waals surface area contributed by atoms with Crippen LogP contribution in [0.1, 0.15) is 64.2 Å². The highest BCUT2D eigenvalue weighted by Gasteiger charge is 2.32. The summed E-state index contributed by atoms with van der Waals surface area (Å²) >= 11 is 0. The normalized spacial score (nSPS) is 20.2. The van der Waals surface area contributed by atoms with E-state index in [1.54, 1.807) is 12.1 Å². The number of benzene rings is 1. The van der Waals surface area contributed by atoms with Gasteiger partial charge < -0.3 is 14.9 Å². The summed E-state index contributed by atoms with van der Waals surface area (Å²) in [6.07, 6.45) is 3.91. The number of carbonyl (C=O) groups excluding carboxylic acids is 1. The first-order chi connectivity index (χ1) is 12.6. The average molecular weight is 356 g/mol. The first-order valence-corrected chi connectivity index (χ1v) is 8.81. The highest BCUT2D eigenvalue weighted by atomic mass is 16.5. The topological polar surface area (TPSA) is 109 Å². The predicted molar refractivity (Wildman–Crippen MR) is 90.6 cm³/mol. The minimum atomic E-state index is -0.932. The molecule has 0 bridgehead atoms. The van der Waals surface area contributed by atoms with E-state index in [0.717, 1.165) is 37.8 Å². The van der Waals surface area contributed by atoms with Crippen LogP contribution in [0.5, 0.6) is 0 Å². The standard InChI is InChI=1S/C18H20N4O4/c23-16(19-13-7-8-13)15-20-17(26-21-15)14-2-1-9-22(14)10-11-3-5-12(6-4-11)18(24)25/h3-6,13-14H,1-2,7-10H2,(H,19,23)(H,24,25). The summed E-state index contributed by atoms with van der Waals surface area (Å²) in [6, 6.07) is 7.08. The second-order valence-electron chi connectivity index (χ2n) is 6.83. The Kier molecular flexibility index (Phi) is 4.42. The number of aromatic nitrogens is 2. The molecule has 1 saturated heterocycles. The summed E-state index contributed by atoms with van der Waals surface area (Å²) in [6.45, 7) is 1.55. The fourth-order valence-corrected chi connectivity index (χ4v) is 3.22. The lowest BCUT2D eigenvalue weighted by Crippen LogP contribution is -2.27. The second-order valence-corrected chi connectivity index (χ2v) is 6.83. The summed E-state index contributed by atoms with van der Waals surface area (Å²) in [5.41, 5.74) is 1.29. The van der Waals surface area contributed by atoms with Gasteiger partial charge in [-0.2, -0.15) is 4.98 Å². The van der Waals surface area contributed by atoms with E-state index in [0.29, 0.717) is 12.4 Å². The lowest BCUT2D eigenvalue weighted by molar-refractivity contribution is 0.0696. The van der Waals surface area contributed by atoms with Crippen LogP contribution < -0.4 is 5.32 Å². The Morgan fingerprint density at radius 2 is 2.00 bits per heavy atom. The van der Waals surface area contributed by atoms with E-state index < -0.39 is 5.97 Å². The molecule has 1 amide bonds. The molecule has 136 valence electrons. The maximum absolute atomic E-state index is 12.0. The van der Waals surface area contributed by atoms with Gasteiger partial charge in [0, 0.05) is 12.6 Å². The Morgan fingerprint density at radius 1 is 1.23 bits per heavy atom. The van der Waals surface area contributed by atoms with Gasteiger partial charge in [0.05, 0.1) is 11.6 Å². The molecule has 2 aliphatic rings. The third-order valence-corrected chi connectivity index (χ3v) is 4.79. The van der Waals surface area contributed by atoms with E-state index >= 15 is 0 Å². The number of carboxylic acids is 1. The van der Waals surface area contributed by atoms with Crippen LogP contribution in [0.2, 0.25) is 0 Å². The number of amides is 1. The maximum atomic E-state index is 12.0. The van der Waals surface area contributed by atoms with Gasteiger partial charge in [0.25, 0.3) is 11.7 Å². The minimum Gasteiger partial charge on any atom is -0.478 e. The fourth-order valence-electron chi connectivity index (χ4n) is 3.22. The molecule has 1 aliphatic heterocycles. The van der Waals surface area contributed by atoms with Crippen LogP contribution in [0, 0.1) is 0 Å². The molecular weight excluding hydrogens is 336 g/mol. The Labute approximate surface area is 150 Å². The van der Waals surface area contributed by atoms with Crippen LogP contribution in [0.4, 0.5) is 0 Å². The van der Waals surface area contributed by atoms with Gasteiger partial charge in [-0.15, -0.1) is 0 Å². The fraction of sp³-hybridized carbons (Fsp3) is 0.444. The molecule has 26 heavy (non-hydrogen) atoms. The Hall–Kier alpha value is -2.74. The molecule has 2 fully saturated rings. The highest BCUT2D eigenvalue weighted by Crippen LogP contribution is 2.32. The molecule has 1 saturated carbocycles. The molecule has 2 heterocycles. The van der Waals surface area contributed by atoms with Gasteiger partial charge in [0.2, 0.25) is 5.89 Å². The third kappa shape index (κ3) is 3.60. The molecule has 1 aromatic carbocycles. The van der Waals surface area contributed by atoms with Crippen LogP contribution in [0.3, 0.4) is 0 Å². The number of hydrogen-bond acceptors (Lipinski definition) is 6. The van der Waals surface area contributed by atoms with E-state index in [9.17, 15) is 9.59 Å². The van der Waals surface area contributed by atoms with Gasteiger partial charge in [-0.05, 0) is 49.9 Å². The van der Waals surface area contributed by atoms with Gasteiger partial charge >= 0.3 is 5.97 Å². The van der Waals surface area contributed by atoms with Crippen molar-refractivity contribution in [1.29, 1.82) is 0 Å². The van der Waals surface area contributed by atoms with Crippen molar-refractivity contribution < 1.29 is 19.2 Å². The van der Waals surface area contributed by atoms with E-state index in [1.165, 1.54) is 0 Å². The van der Waals surface area contributed by atoms with Gasteiger partial charge in [-0.3, -0.25) is 9.69 Å². The van der Waals surface area contributed by atoms with E-state index in [4.69, 9.17) is 9.63 Å². The minimum absolute atomic E-state index is 0.0240. The average Bonchev–Trinajstić information content (AvgIpc) is 3.11. The van der Waals surface area contributed by atoms with Crippen LogP contribution in [0.15, 0.2) is 28.8 Å². The number of aromatic carboxylic acids is 1. The summed E-state index contributed by atoms with van der Waals surface area (Å²) in [5.74, 6) is -0.662. The Bertz CT molecular complexity index is 813. The summed E-state index contributed by atoms with van der Waals surface area (Å²) < 4.78 is 5.35. The van der Waals surface area contributed by atoms with Crippen molar-refractivity contribution in [3.05, 3.63) is 47.1 Å². The Balaban J connectivity index is 1.43. The van der Waals surface area contributed by atoms with Crippen molar-refractivity contribution in [2.24, 2.45) is 0 Å². The number of likely N-dealkylation sites (tertiary alicyclic amines) is 1. The summed E-state index contributed by atoms with van der Waals surface area (Å²) in [4.78, 5) is 29.5. The number of nitrogens with zero attached hydrogens (tertiary/aromatic N) is 3. The number of rotatable bonds is 6. The van der Waals surface area contributed by atoms with Crippen molar-refractivity contribution >= 4 is 11.9 Å². The van der Waals surface area contributed by atoms with E-state index in [2.05, 4.69) is 20.4 Å². The van der Waals surface area contributed by atoms with Crippen LogP contribution >= 0.6 is 0 Å². The Morgan fingerprint density at radius 3 is 2.69 bits per heavy atom. The maximum Gasteiger partial charge on any atom is 0.335 e. The van der Waals surface area contributed by atoms with Crippen molar-refractivity contribution in [2.45, 2.75) is 44.3 Å². The van der Waals surface area contributed by atoms with Crippen molar-refractivity contribution in [2.75, 3.05) is 6.54 Å². The first kappa shape index (κ1) is 16.7. The van der Waals surface area contributed by atoms with Crippen LogP contribution in [-0.4, -0.2) is 44.6 Å². The van der Waals surface area contributed by atoms with Crippen molar-refractivity contribution in [3.63, 3.8) is 0 Å². The number of carbonyl (C=O) groups is 2. The first-order valence-electron chi connectivity index (χ1n) is 8.81. The monoisotopic (exact) mass is 356 g/mol. The van der Waals surface area contributed by atoms with E-state index in [1.807, 2.05) is 12.1 Å². The van der Waals surface area contributed by atoms with Gasteiger partial charge in [-0.25, -0.2) is 4.79 Å². The SMILES string of the molecule is O=C(O)c1ccc(CN2CCCC2c2nc(C(=O)NC3CC3)no2)cc1. The molecule has 2 N–H and O–H groups in total. The molecule has 0 radical (unpaired) electrons. The molecule has 8 heteroatoms. The van der Waals surface area contributed by atoms with Crippen LogP contribution in [-0.2, 0) is 6.54 Å². The highest BCUT2D eigenvalue weighted by molar-refractivity contribution is 5.90. The van der Waals surface area contributed by atoms with Gasteiger partial charge in [-0.1, -0.05) is 17.3 Å². The number of carboxylic acid groups (broad SMARTS) is 1. The van der Waals surface area contributed by atoms with Gasteiger partial charge in [0.15, 0.2) is 0 Å². The molecule has 2 aromatic rings. The zero-order valence-corrected chi connectivity index (χ0v) is 14.2. The molecule has 1 aliphatic carbocycles. The number of hydrogen-bond donors (Lipinski definition) is 2. The van der Waals surface area contributed by atoms with E-state index in [-0.39, 0.29) is 29.4 Å². The third-order valence-electron chi connectivity index (χ3n) is 4.79. The predicted octanol–water partition coefficient (Wildman–Crippen LogP) is 2.00. The molecule has 0 spiro atoms. The quantitative estimate of drug-likeness (QED) is 0.815. The molecular formula is C18H20N4O4. The largest absolute Gasteiger partial charge is 0.478 e. The summed E-state index contributed by atoms with van der Waals surface area (Å²) in [5, 5.41) is 15.7. The zero-order valence-electron chi connectivity index (χ0n) is 14.2. The molecule has 1 atom stereocenters. The molecule has 4 rings (SSSR count). The molecule has 8 nitrogen and oxygen atoms in total. The van der Waals surface area contributed by atoms with Crippen molar-refractivity contribution in [3.8, 4) is 0 Å². The number of nitrogens with one attached hydrogen (secondary N) is 1. The smallest absolute Gasteiger partial charge is 0.335 e. The van der Waals surface area contributed by atoms with Crippen LogP contribution in [0.25, 0.3) is 0 Å². The van der Waals surface area contributed by atoms with Crippen molar-refractivity contribution in [1.82, 2.24) is 20.4 Å². The molecule has 1 aromatic heterocycles. The zero-order chi connectivity index (χ0) is 18.1.